The summed E-state index contributed by atoms with van der Waals surface area (Å²) in [6, 6.07) is 0. The molecular formula is C22H32O2. The van der Waals surface area contributed by atoms with E-state index in [9.17, 15) is 4.79 Å². The molecule has 0 N–H and O–H groups in total. The maximum Gasteiger partial charge on any atom is 0.134 e. The van der Waals surface area contributed by atoms with Crippen LogP contribution in [0, 0.1) is 28.6 Å². The Morgan fingerprint density at radius 3 is 2.58 bits per heavy atom. The maximum atomic E-state index is 12.2. The summed E-state index contributed by atoms with van der Waals surface area (Å²) in [5, 5.41) is 0. The van der Waals surface area contributed by atoms with Gasteiger partial charge in [-0.15, -0.1) is 0 Å². The Bertz CT molecular complexity index is 615. The zero-order valence-electron chi connectivity index (χ0n) is 15.7. The predicted molar refractivity (Wildman–Crippen MR) is 96.6 cm³/mol. The molecule has 4 rings (SSSR count). The van der Waals surface area contributed by atoms with Crippen LogP contribution in [0.2, 0.25) is 0 Å². The predicted octanol–water partition coefficient (Wildman–Crippen LogP) is 5.09. The van der Waals surface area contributed by atoms with Crippen LogP contribution in [-0.2, 0) is 9.53 Å². The van der Waals surface area contributed by atoms with Crippen molar-refractivity contribution in [2.24, 2.45) is 28.6 Å². The maximum absolute atomic E-state index is 12.2. The first-order valence-electron chi connectivity index (χ1n) is 9.83. The number of hydrogen-bond donors (Lipinski definition) is 0. The molecule has 0 aliphatic heterocycles. The number of Topliss-reactive ketones (excluding diaryl/α,β-unsaturated/α-hetero) is 1. The van der Waals surface area contributed by atoms with Crippen molar-refractivity contribution in [3.05, 3.63) is 23.3 Å². The minimum atomic E-state index is 0.137. The molecule has 24 heavy (non-hydrogen) atoms. The number of ketones is 1. The second-order valence-corrected chi connectivity index (χ2v) is 9.21. The minimum Gasteiger partial charge on any atom is -0.381 e. The molecule has 132 valence electrons. The van der Waals surface area contributed by atoms with Gasteiger partial charge in [-0.2, -0.15) is 0 Å². The van der Waals surface area contributed by atoms with Crippen LogP contribution in [0.3, 0.4) is 0 Å². The third-order valence-corrected chi connectivity index (χ3v) is 8.29. The highest BCUT2D eigenvalue weighted by molar-refractivity contribution is 5.80. The number of allylic oxidation sites excluding steroid dienone is 3. The van der Waals surface area contributed by atoms with Crippen LogP contribution in [0.15, 0.2) is 23.3 Å². The molecule has 6 atom stereocenters. The van der Waals surface area contributed by atoms with Crippen molar-refractivity contribution in [3.63, 3.8) is 0 Å². The van der Waals surface area contributed by atoms with Gasteiger partial charge >= 0.3 is 0 Å². The minimum absolute atomic E-state index is 0.137. The van der Waals surface area contributed by atoms with Crippen molar-refractivity contribution < 1.29 is 9.53 Å². The smallest absolute Gasteiger partial charge is 0.134 e. The Balaban J connectivity index is 1.66. The fraction of sp³-hybridized carbons (Fsp3) is 0.773. The number of carbonyl (C=O) groups excluding carboxylic acids is 1. The first-order valence-corrected chi connectivity index (χ1v) is 9.83. The third kappa shape index (κ3) is 2.14. The van der Waals surface area contributed by atoms with Crippen molar-refractivity contribution in [1.29, 1.82) is 0 Å². The number of ether oxygens (including phenoxy) is 1. The summed E-state index contributed by atoms with van der Waals surface area (Å²) in [5.74, 6) is 2.05. The average Bonchev–Trinajstić information content (AvgIpc) is 2.91. The number of hydrogen-bond acceptors (Lipinski definition) is 2. The van der Waals surface area contributed by atoms with E-state index >= 15 is 0 Å². The van der Waals surface area contributed by atoms with Crippen LogP contribution in [0.25, 0.3) is 0 Å². The van der Waals surface area contributed by atoms with Crippen molar-refractivity contribution in [3.8, 4) is 0 Å². The molecule has 0 spiro atoms. The molecule has 0 saturated heterocycles. The van der Waals surface area contributed by atoms with E-state index in [-0.39, 0.29) is 11.3 Å². The molecular weight excluding hydrogens is 296 g/mol. The summed E-state index contributed by atoms with van der Waals surface area (Å²) in [5.41, 5.74) is 3.78. The van der Waals surface area contributed by atoms with Gasteiger partial charge in [-0.25, -0.2) is 0 Å². The van der Waals surface area contributed by atoms with Crippen LogP contribution in [0.5, 0.6) is 0 Å². The number of rotatable bonds is 2. The molecule has 0 heterocycles. The summed E-state index contributed by atoms with van der Waals surface area (Å²) < 4.78 is 5.66. The molecule has 0 amide bonds. The topological polar surface area (TPSA) is 26.3 Å². The molecule has 2 nitrogen and oxygen atoms in total. The SMILES string of the molecule is COC1CC[C@@]2(C)C(=CC[C@H]3C4=CC[C@H](C(C)=O)[C@@]4(C)CC[C@@H]32)C1. The van der Waals surface area contributed by atoms with Gasteiger partial charge in [0.25, 0.3) is 0 Å². The van der Waals surface area contributed by atoms with Crippen LogP contribution >= 0.6 is 0 Å². The highest BCUT2D eigenvalue weighted by atomic mass is 16.5. The summed E-state index contributed by atoms with van der Waals surface area (Å²) in [4.78, 5) is 12.2. The molecule has 2 fully saturated rings. The quantitative estimate of drug-likeness (QED) is 0.660. The highest BCUT2D eigenvalue weighted by Crippen LogP contribution is 2.64. The lowest BCUT2D eigenvalue weighted by Gasteiger charge is -2.56. The van der Waals surface area contributed by atoms with Crippen LogP contribution < -0.4 is 0 Å². The van der Waals surface area contributed by atoms with E-state index in [0.29, 0.717) is 23.2 Å². The molecule has 4 aliphatic rings. The third-order valence-electron chi connectivity index (χ3n) is 8.29. The van der Waals surface area contributed by atoms with E-state index in [1.165, 1.54) is 32.1 Å². The summed E-state index contributed by atoms with van der Waals surface area (Å²) >= 11 is 0. The Morgan fingerprint density at radius 2 is 1.88 bits per heavy atom. The van der Waals surface area contributed by atoms with Crippen LogP contribution in [0.4, 0.5) is 0 Å². The van der Waals surface area contributed by atoms with Gasteiger partial charge in [0.05, 0.1) is 6.10 Å². The van der Waals surface area contributed by atoms with Crippen LogP contribution in [0.1, 0.15) is 65.7 Å². The first-order chi connectivity index (χ1) is 11.4. The molecule has 0 bridgehead atoms. The van der Waals surface area contributed by atoms with Gasteiger partial charge in [0.15, 0.2) is 0 Å². The van der Waals surface area contributed by atoms with Gasteiger partial charge in [0, 0.05) is 13.0 Å². The van der Waals surface area contributed by atoms with Gasteiger partial charge in [0.1, 0.15) is 5.78 Å². The second-order valence-electron chi connectivity index (χ2n) is 9.21. The largest absolute Gasteiger partial charge is 0.381 e. The van der Waals surface area contributed by atoms with E-state index in [2.05, 4.69) is 26.0 Å². The fourth-order valence-corrected chi connectivity index (χ4v) is 6.79. The number of carbonyl (C=O) groups is 1. The van der Waals surface area contributed by atoms with E-state index < -0.39 is 0 Å². The summed E-state index contributed by atoms with van der Waals surface area (Å²) in [6.45, 7) is 6.69. The number of fused-ring (bicyclic) bond motifs is 5. The van der Waals surface area contributed by atoms with E-state index in [4.69, 9.17) is 4.74 Å². The molecule has 1 unspecified atom stereocenters. The van der Waals surface area contributed by atoms with Gasteiger partial charge in [-0.1, -0.05) is 37.1 Å². The second kappa shape index (κ2) is 5.56. The van der Waals surface area contributed by atoms with E-state index in [1.807, 2.05) is 7.11 Å². The Labute approximate surface area is 146 Å². The van der Waals surface area contributed by atoms with Gasteiger partial charge in [-0.3, -0.25) is 4.79 Å². The number of methoxy groups -OCH3 is 1. The van der Waals surface area contributed by atoms with Gasteiger partial charge in [-0.05, 0) is 74.5 Å². The Hall–Kier alpha value is -0.890. The zero-order valence-corrected chi connectivity index (χ0v) is 15.7. The summed E-state index contributed by atoms with van der Waals surface area (Å²) in [6.07, 6.45) is 13.6. The van der Waals surface area contributed by atoms with Crippen molar-refractivity contribution >= 4 is 5.78 Å². The highest BCUT2D eigenvalue weighted by Gasteiger charge is 2.56. The van der Waals surface area contributed by atoms with Crippen LogP contribution in [-0.4, -0.2) is 19.0 Å². The first kappa shape index (κ1) is 16.6. The van der Waals surface area contributed by atoms with E-state index in [1.54, 1.807) is 18.1 Å². The molecule has 0 aromatic carbocycles. The molecule has 0 radical (unpaired) electrons. The average molecular weight is 328 g/mol. The zero-order chi connectivity index (χ0) is 17.1. The lowest BCUT2D eigenvalue weighted by Crippen LogP contribution is -2.48. The summed E-state index contributed by atoms with van der Waals surface area (Å²) in [7, 11) is 1.86. The normalized spacial score (nSPS) is 47.2. The molecule has 4 aliphatic carbocycles. The fourth-order valence-electron chi connectivity index (χ4n) is 6.79. The Morgan fingerprint density at radius 1 is 1.12 bits per heavy atom. The molecule has 2 saturated carbocycles. The lowest BCUT2D eigenvalue weighted by atomic mass is 9.48. The van der Waals surface area contributed by atoms with Gasteiger partial charge in [0.2, 0.25) is 0 Å². The standard InChI is InChI=1S/C22H32O2/c1-14(23)18-7-8-19-17-6-5-15-13-16(24-4)9-11-21(15,2)20(17)10-12-22(18,19)3/h5,8,16-18,20H,6-7,9-13H2,1-4H3/t16?,17-,18+,20-,21-,22+/m0/s1. The Kier molecular flexibility index (Phi) is 3.84. The molecule has 0 aromatic rings. The monoisotopic (exact) mass is 328 g/mol. The molecule has 2 heteroatoms. The van der Waals surface area contributed by atoms with E-state index in [0.717, 1.165) is 18.8 Å². The van der Waals surface area contributed by atoms with Crippen molar-refractivity contribution in [2.45, 2.75) is 71.8 Å². The van der Waals surface area contributed by atoms with Gasteiger partial charge < -0.3 is 4.74 Å². The van der Waals surface area contributed by atoms with Crippen molar-refractivity contribution in [2.75, 3.05) is 7.11 Å². The van der Waals surface area contributed by atoms with Crippen molar-refractivity contribution in [1.82, 2.24) is 0 Å². The lowest BCUT2D eigenvalue weighted by molar-refractivity contribution is -0.124. The molecule has 0 aromatic heterocycles.